The van der Waals surface area contributed by atoms with Crippen molar-refractivity contribution in [1.82, 2.24) is 19.9 Å². The number of amides is 1. The fourth-order valence-electron chi connectivity index (χ4n) is 3.26. The van der Waals surface area contributed by atoms with Gasteiger partial charge in [-0.2, -0.15) is 0 Å². The van der Waals surface area contributed by atoms with Gasteiger partial charge in [-0.25, -0.2) is 15.0 Å². The first-order valence-electron chi connectivity index (χ1n) is 8.91. The smallest absolute Gasteiger partial charge is 0.254 e. The summed E-state index contributed by atoms with van der Waals surface area (Å²) in [5.41, 5.74) is 0.686. The van der Waals surface area contributed by atoms with E-state index in [2.05, 4.69) is 24.8 Å². The third-order valence-electron chi connectivity index (χ3n) is 4.73. The number of pyridine rings is 1. The summed E-state index contributed by atoms with van der Waals surface area (Å²) in [5.74, 6) is 1.65. The Kier molecular flexibility index (Phi) is 4.92. The molecule has 1 amide bonds. The Labute approximate surface area is 152 Å². The van der Waals surface area contributed by atoms with Crippen LogP contribution in [0.1, 0.15) is 10.4 Å². The molecule has 136 valence electrons. The quantitative estimate of drug-likeness (QED) is 0.802. The molecule has 4 rings (SSSR count). The van der Waals surface area contributed by atoms with E-state index in [0.717, 1.165) is 37.9 Å². The number of nitrogens with zero attached hydrogens (tertiary/aromatic N) is 6. The molecule has 0 atom stereocenters. The van der Waals surface area contributed by atoms with E-state index >= 15 is 0 Å². The lowest BCUT2D eigenvalue weighted by atomic mass is 10.2. The second-order valence-corrected chi connectivity index (χ2v) is 6.33. The number of hydrogen-bond acceptors (Lipinski definition) is 7. The van der Waals surface area contributed by atoms with Crippen LogP contribution in [0.4, 0.5) is 11.8 Å². The van der Waals surface area contributed by atoms with Crippen LogP contribution in [-0.2, 0) is 4.74 Å². The van der Waals surface area contributed by atoms with Crippen molar-refractivity contribution in [2.75, 3.05) is 62.3 Å². The molecule has 2 aliphatic heterocycles. The van der Waals surface area contributed by atoms with Crippen LogP contribution in [0.3, 0.4) is 0 Å². The number of piperazine rings is 1. The van der Waals surface area contributed by atoms with Gasteiger partial charge in [0.1, 0.15) is 5.82 Å². The number of ether oxygens (including phenoxy) is 1. The van der Waals surface area contributed by atoms with Gasteiger partial charge in [-0.15, -0.1) is 0 Å². The van der Waals surface area contributed by atoms with Crippen LogP contribution in [-0.4, -0.2) is 78.2 Å². The molecule has 2 fully saturated rings. The molecule has 2 saturated heterocycles. The topological polar surface area (TPSA) is 74.7 Å². The summed E-state index contributed by atoms with van der Waals surface area (Å²) in [6, 6.07) is 5.50. The Hall–Kier alpha value is -2.74. The van der Waals surface area contributed by atoms with Gasteiger partial charge in [0, 0.05) is 63.4 Å². The van der Waals surface area contributed by atoms with Crippen molar-refractivity contribution in [3.63, 3.8) is 0 Å². The summed E-state index contributed by atoms with van der Waals surface area (Å²) < 4.78 is 5.32. The van der Waals surface area contributed by atoms with Crippen molar-refractivity contribution < 1.29 is 9.53 Å². The number of morpholine rings is 1. The van der Waals surface area contributed by atoms with E-state index < -0.39 is 0 Å². The second kappa shape index (κ2) is 7.65. The molecule has 0 spiro atoms. The average molecular weight is 354 g/mol. The molecule has 2 aromatic heterocycles. The maximum absolute atomic E-state index is 12.7. The van der Waals surface area contributed by atoms with Crippen molar-refractivity contribution in [1.29, 1.82) is 0 Å². The monoisotopic (exact) mass is 354 g/mol. The number of hydrogen-bond donors (Lipinski definition) is 0. The van der Waals surface area contributed by atoms with Gasteiger partial charge in [0.15, 0.2) is 0 Å². The molecule has 2 aliphatic rings. The first-order chi connectivity index (χ1) is 12.8. The fraction of sp³-hybridized carbons (Fsp3) is 0.444. The highest BCUT2D eigenvalue weighted by Crippen LogP contribution is 2.18. The van der Waals surface area contributed by atoms with Gasteiger partial charge in [0.05, 0.1) is 13.2 Å². The highest BCUT2D eigenvalue weighted by atomic mass is 16.5. The minimum absolute atomic E-state index is 0.0493. The van der Waals surface area contributed by atoms with Gasteiger partial charge in [-0.05, 0) is 18.2 Å². The number of aromatic nitrogens is 3. The van der Waals surface area contributed by atoms with Gasteiger partial charge < -0.3 is 19.4 Å². The summed E-state index contributed by atoms with van der Waals surface area (Å²) >= 11 is 0. The molecule has 0 radical (unpaired) electrons. The van der Waals surface area contributed by atoms with Crippen molar-refractivity contribution in [3.8, 4) is 0 Å². The molecule has 8 heteroatoms. The van der Waals surface area contributed by atoms with Crippen molar-refractivity contribution >= 4 is 17.7 Å². The molecule has 0 bridgehead atoms. The van der Waals surface area contributed by atoms with Crippen molar-refractivity contribution in [2.24, 2.45) is 0 Å². The first-order valence-corrected chi connectivity index (χ1v) is 8.91. The standard InChI is InChI=1S/C18H22N6O2/c25-17(23-10-12-26-13-11-23)15-2-5-19-16(14-15)22-6-8-24(9-7-22)18-20-3-1-4-21-18/h1-5,14H,6-13H2. The molecular formula is C18H22N6O2. The van der Waals surface area contributed by atoms with E-state index in [9.17, 15) is 4.79 Å². The highest BCUT2D eigenvalue weighted by molar-refractivity contribution is 5.95. The Morgan fingerprint density at radius 1 is 0.885 bits per heavy atom. The second-order valence-electron chi connectivity index (χ2n) is 6.33. The molecule has 2 aromatic rings. The highest BCUT2D eigenvalue weighted by Gasteiger charge is 2.22. The van der Waals surface area contributed by atoms with Crippen molar-refractivity contribution in [2.45, 2.75) is 0 Å². The minimum atomic E-state index is 0.0493. The summed E-state index contributed by atoms with van der Waals surface area (Å²) in [7, 11) is 0. The zero-order chi connectivity index (χ0) is 17.8. The number of anilines is 2. The largest absolute Gasteiger partial charge is 0.378 e. The Morgan fingerprint density at radius 3 is 2.31 bits per heavy atom. The molecular weight excluding hydrogens is 332 g/mol. The van der Waals surface area contributed by atoms with Gasteiger partial charge in [0.25, 0.3) is 5.91 Å². The van der Waals surface area contributed by atoms with Crippen LogP contribution in [0, 0.1) is 0 Å². The van der Waals surface area contributed by atoms with Crippen LogP contribution in [0.2, 0.25) is 0 Å². The Morgan fingerprint density at radius 2 is 1.58 bits per heavy atom. The maximum Gasteiger partial charge on any atom is 0.254 e. The third-order valence-corrected chi connectivity index (χ3v) is 4.73. The number of carbonyl (C=O) groups excluding carboxylic acids is 1. The van der Waals surface area contributed by atoms with E-state index in [1.165, 1.54) is 0 Å². The Balaban J connectivity index is 1.42. The van der Waals surface area contributed by atoms with E-state index in [0.29, 0.717) is 31.9 Å². The average Bonchev–Trinajstić information content (AvgIpc) is 2.75. The van der Waals surface area contributed by atoms with Gasteiger partial charge in [-0.3, -0.25) is 4.79 Å². The van der Waals surface area contributed by atoms with Gasteiger partial charge in [-0.1, -0.05) is 0 Å². The van der Waals surface area contributed by atoms with Crippen LogP contribution in [0.15, 0.2) is 36.8 Å². The van der Waals surface area contributed by atoms with Gasteiger partial charge in [0.2, 0.25) is 5.95 Å². The fourth-order valence-corrected chi connectivity index (χ4v) is 3.26. The summed E-state index contributed by atoms with van der Waals surface area (Å²) in [4.78, 5) is 32.0. The van der Waals surface area contributed by atoms with E-state index in [-0.39, 0.29) is 5.91 Å². The predicted octanol–water partition coefficient (Wildman–Crippen LogP) is 0.671. The molecule has 8 nitrogen and oxygen atoms in total. The minimum Gasteiger partial charge on any atom is -0.378 e. The van der Waals surface area contributed by atoms with Crippen molar-refractivity contribution in [3.05, 3.63) is 42.4 Å². The number of carbonyl (C=O) groups is 1. The van der Waals surface area contributed by atoms with Gasteiger partial charge >= 0.3 is 0 Å². The zero-order valence-electron chi connectivity index (χ0n) is 14.6. The normalized spacial score (nSPS) is 18.1. The van der Waals surface area contributed by atoms with Crippen LogP contribution in [0.25, 0.3) is 0 Å². The van der Waals surface area contributed by atoms with E-state index in [4.69, 9.17) is 4.74 Å². The van der Waals surface area contributed by atoms with E-state index in [1.54, 1.807) is 24.7 Å². The molecule has 4 heterocycles. The lowest BCUT2D eigenvalue weighted by Crippen LogP contribution is -2.47. The Bertz CT molecular complexity index is 742. The predicted molar refractivity (Wildman–Crippen MR) is 97.4 cm³/mol. The first kappa shape index (κ1) is 16.7. The summed E-state index contributed by atoms with van der Waals surface area (Å²) in [5, 5.41) is 0. The molecule has 0 saturated carbocycles. The zero-order valence-corrected chi connectivity index (χ0v) is 14.6. The lowest BCUT2D eigenvalue weighted by molar-refractivity contribution is 0.0303. The molecule has 0 unspecified atom stereocenters. The SMILES string of the molecule is O=C(c1ccnc(N2CCN(c3ncccn3)CC2)c1)N1CCOCC1. The molecule has 26 heavy (non-hydrogen) atoms. The summed E-state index contributed by atoms with van der Waals surface area (Å²) in [6.45, 7) is 5.79. The molecule has 0 aliphatic carbocycles. The summed E-state index contributed by atoms with van der Waals surface area (Å²) in [6.07, 6.45) is 5.24. The van der Waals surface area contributed by atoms with Crippen LogP contribution < -0.4 is 9.80 Å². The molecule has 0 aromatic carbocycles. The van der Waals surface area contributed by atoms with E-state index in [1.807, 2.05) is 17.0 Å². The third kappa shape index (κ3) is 3.60. The lowest BCUT2D eigenvalue weighted by Gasteiger charge is -2.35. The van der Waals surface area contributed by atoms with Crippen LogP contribution in [0.5, 0.6) is 0 Å². The molecule has 0 N–H and O–H groups in total. The number of rotatable bonds is 3. The maximum atomic E-state index is 12.7. The van der Waals surface area contributed by atoms with Crippen LogP contribution >= 0.6 is 0 Å².